The van der Waals surface area contributed by atoms with E-state index in [1.54, 1.807) is 13.2 Å². The zero-order valence-electron chi connectivity index (χ0n) is 13.8. The number of rotatable bonds is 1. The SMILES string of the molecule is [2H]c1cc2c3c([nH]c2cc1OC)CCN(C([2H])([2H])[2H])CC3. The van der Waals surface area contributed by atoms with E-state index in [0.29, 0.717) is 37.7 Å². The molecule has 3 rings (SSSR count). The first-order valence-electron chi connectivity index (χ1n) is 7.83. The van der Waals surface area contributed by atoms with Crippen LogP contribution in [0, 0.1) is 0 Å². The molecule has 0 spiro atoms. The molecule has 2 aromatic rings. The molecular weight excluding hydrogens is 212 g/mol. The van der Waals surface area contributed by atoms with E-state index in [2.05, 4.69) is 4.98 Å². The van der Waals surface area contributed by atoms with Crippen LogP contribution in [0.15, 0.2) is 18.2 Å². The second kappa shape index (κ2) is 4.08. The normalized spacial score (nSPS) is 21.0. The summed E-state index contributed by atoms with van der Waals surface area (Å²) >= 11 is 0. The van der Waals surface area contributed by atoms with E-state index < -0.39 is 6.98 Å². The fourth-order valence-electron chi connectivity index (χ4n) is 2.45. The monoisotopic (exact) mass is 234 g/mol. The van der Waals surface area contributed by atoms with Gasteiger partial charge in [0.25, 0.3) is 0 Å². The van der Waals surface area contributed by atoms with E-state index in [1.165, 1.54) is 4.90 Å². The molecule has 3 nitrogen and oxygen atoms in total. The highest BCUT2D eigenvalue weighted by atomic mass is 16.5. The number of H-pyrrole nitrogens is 1. The number of hydrogen-bond acceptors (Lipinski definition) is 2. The standard InChI is InChI=1S/C14H18N2O/c1-16-7-5-12-11-4-3-10(17-2)9-14(11)15-13(12)6-8-16/h3-4,9,15H,5-8H2,1-2H3/i1D3,3D. The van der Waals surface area contributed by atoms with Crippen molar-refractivity contribution in [3.05, 3.63) is 29.4 Å². The molecule has 17 heavy (non-hydrogen) atoms. The van der Waals surface area contributed by atoms with Crippen molar-refractivity contribution in [1.29, 1.82) is 0 Å². The van der Waals surface area contributed by atoms with Gasteiger partial charge in [-0.25, -0.2) is 0 Å². The first-order valence-corrected chi connectivity index (χ1v) is 5.83. The van der Waals surface area contributed by atoms with Crippen molar-refractivity contribution >= 4 is 10.9 Å². The van der Waals surface area contributed by atoms with Crippen molar-refractivity contribution in [1.82, 2.24) is 9.88 Å². The average Bonchev–Trinajstić information content (AvgIpc) is 2.60. The highest BCUT2D eigenvalue weighted by molar-refractivity contribution is 5.86. The van der Waals surface area contributed by atoms with Crippen molar-refractivity contribution < 1.29 is 10.2 Å². The fraction of sp³-hybridized carbons (Fsp3) is 0.429. The summed E-state index contributed by atoms with van der Waals surface area (Å²) in [6.45, 7) is -1.01. The van der Waals surface area contributed by atoms with E-state index in [0.717, 1.165) is 22.2 Å². The lowest BCUT2D eigenvalue weighted by molar-refractivity contribution is 0.352. The van der Waals surface area contributed by atoms with Crippen LogP contribution in [0.5, 0.6) is 5.75 Å². The molecule has 1 aromatic heterocycles. The minimum absolute atomic E-state index is 0.351. The number of likely N-dealkylation sites (N-methyl/N-ethyl adjacent to an activating group) is 1. The van der Waals surface area contributed by atoms with Crippen LogP contribution >= 0.6 is 0 Å². The fourth-order valence-corrected chi connectivity index (χ4v) is 2.45. The van der Waals surface area contributed by atoms with Crippen molar-refractivity contribution in [3.63, 3.8) is 0 Å². The Bertz CT molecular complexity index is 678. The Hall–Kier alpha value is -1.48. The molecule has 0 atom stereocenters. The van der Waals surface area contributed by atoms with E-state index >= 15 is 0 Å². The number of nitrogens with one attached hydrogen (secondary N) is 1. The molecule has 0 aliphatic carbocycles. The predicted octanol–water partition coefficient (Wildman–Crippen LogP) is 2.21. The van der Waals surface area contributed by atoms with Gasteiger partial charge < -0.3 is 14.6 Å². The maximum Gasteiger partial charge on any atom is 0.120 e. The summed E-state index contributed by atoms with van der Waals surface area (Å²) < 4.78 is 35.8. The number of benzene rings is 1. The number of aromatic nitrogens is 1. The van der Waals surface area contributed by atoms with Crippen LogP contribution in [0.2, 0.25) is 0 Å². The molecule has 90 valence electrons. The number of hydrogen-bond donors (Lipinski definition) is 1. The van der Waals surface area contributed by atoms with Crippen LogP contribution in [0.4, 0.5) is 0 Å². The summed E-state index contributed by atoms with van der Waals surface area (Å²) in [5.41, 5.74) is 3.16. The third-order valence-corrected chi connectivity index (χ3v) is 3.38. The van der Waals surface area contributed by atoms with Gasteiger partial charge in [-0.15, -0.1) is 0 Å². The van der Waals surface area contributed by atoms with E-state index in [-0.39, 0.29) is 0 Å². The van der Waals surface area contributed by atoms with Gasteiger partial charge in [0, 0.05) is 46.3 Å². The summed E-state index contributed by atoms with van der Waals surface area (Å²) in [6.07, 6.45) is 1.36. The Kier molecular flexibility index (Phi) is 1.69. The maximum absolute atomic E-state index is 7.96. The highest BCUT2D eigenvalue weighted by Gasteiger charge is 2.16. The van der Waals surface area contributed by atoms with Crippen LogP contribution in [-0.2, 0) is 12.8 Å². The van der Waals surface area contributed by atoms with Crippen LogP contribution in [0.3, 0.4) is 0 Å². The minimum atomic E-state index is -2.04. The van der Waals surface area contributed by atoms with Gasteiger partial charge in [-0.2, -0.15) is 0 Å². The molecule has 0 radical (unpaired) electrons. The molecule has 0 bridgehead atoms. The molecule has 2 heterocycles. The average molecular weight is 234 g/mol. The summed E-state index contributed by atoms with van der Waals surface area (Å²) in [4.78, 5) is 4.90. The molecule has 0 saturated carbocycles. The Balaban J connectivity index is 2.00. The van der Waals surface area contributed by atoms with Crippen molar-refractivity contribution in [3.8, 4) is 5.75 Å². The topological polar surface area (TPSA) is 28.3 Å². The number of methoxy groups -OCH3 is 1. The quantitative estimate of drug-likeness (QED) is 0.819. The van der Waals surface area contributed by atoms with Gasteiger partial charge in [-0.3, -0.25) is 0 Å². The third kappa shape index (κ3) is 1.80. The third-order valence-electron chi connectivity index (χ3n) is 3.38. The van der Waals surface area contributed by atoms with Crippen molar-refractivity contribution in [2.75, 3.05) is 27.2 Å². The van der Waals surface area contributed by atoms with Gasteiger partial charge in [-0.1, -0.05) is 0 Å². The maximum atomic E-state index is 7.96. The highest BCUT2D eigenvalue weighted by Crippen LogP contribution is 2.28. The molecule has 0 saturated heterocycles. The van der Waals surface area contributed by atoms with Gasteiger partial charge in [0.1, 0.15) is 5.75 Å². The molecule has 1 aliphatic heterocycles. The number of aromatic amines is 1. The van der Waals surface area contributed by atoms with E-state index in [9.17, 15) is 0 Å². The van der Waals surface area contributed by atoms with Crippen LogP contribution in [-0.4, -0.2) is 37.1 Å². The Labute approximate surface area is 107 Å². The molecule has 0 unspecified atom stereocenters. The molecule has 0 amide bonds. The van der Waals surface area contributed by atoms with Gasteiger partial charge in [0.15, 0.2) is 0 Å². The summed E-state index contributed by atoms with van der Waals surface area (Å²) in [5, 5.41) is 1.00. The minimum Gasteiger partial charge on any atom is -0.497 e. The van der Waals surface area contributed by atoms with Crippen LogP contribution in [0.25, 0.3) is 10.9 Å². The lowest BCUT2D eigenvalue weighted by Crippen LogP contribution is -2.21. The lowest BCUT2D eigenvalue weighted by Gasteiger charge is -2.11. The molecule has 1 N–H and O–H groups in total. The number of nitrogens with zero attached hydrogens (tertiary/aromatic N) is 1. The second-order valence-corrected chi connectivity index (χ2v) is 4.40. The zero-order chi connectivity index (χ0) is 15.2. The molecule has 1 aliphatic rings. The smallest absolute Gasteiger partial charge is 0.120 e. The lowest BCUT2D eigenvalue weighted by atomic mass is 10.1. The Morgan fingerprint density at radius 1 is 1.47 bits per heavy atom. The molecule has 1 aromatic carbocycles. The molecule has 3 heteroatoms. The van der Waals surface area contributed by atoms with Crippen LogP contribution in [0.1, 0.15) is 16.7 Å². The molecule has 0 fully saturated rings. The summed E-state index contributed by atoms with van der Waals surface area (Å²) in [5.74, 6) is 0.544. The van der Waals surface area contributed by atoms with Crippen LogP contribution < -0.4 is 4.74 Å². The largest absolute Gasteiger partial charge is 0.497 e. The summed E-state index contributed by atoms with van der Waals surface area (Å²) in [6, 6.07) is 3.99. The van der Waals surface area contributed by atoms with E-state index in [1.807, 2.05) is 6.07 Å². The summed E-state index contributed by atoms with van der Waals surface area (Å²) in [7, 11) is 1.56. The molecular formula is C14H18N2O. The first-order chi connectivity index (χ1) is 9.90. The van der Waals surface area contributed by atoms with Crippen molar-refractivity contribution in [2.45, 2.75) is 12.8 Å². The zero-order valence-corrected chi connectivity index (χ0v) is 9.84. The number of ether oxygens (including phenoxy) is 1. The van der Waals surface area contributed by atoms with Gasteiger partial charge >= 0.3 is 0 Å². The van der Waals surface area contributed by atoms with E-state index in [4.69, 9.17) is 10.2 Å². The predicted molar refractivity (Wildman–Crippen MR) is 69.8 cm³/mol. The Morgan fingerprint density at radius 2 is 2.35 bits per heavy atom. The van der Waals surface area contributed by atoms with Gasteiger partial charge in [0.05, 0.1) is 8.48 Å². The van der Waals surface area contributed by atoms with Gasteiger partial charge in [-0.05, 0) is 31.1 Å². The van der Waals surface area contributed by atoms with Crippen molar-refractivity contribution in [2.24, 2.45) is 0 Å². The first kappa shape index (κ1) is 7.07. The number of fused-ring (bicyclic) bond motifs is 3. The second-order valence-electron chi connectivity index (χ2n) is 4.40. The Morgan fingerprint density at radius 3 is 3.18 bits per heavy atom. The van der Waals surface area contributed by atoms with Gasteiger partial charge in [0.2, 0.25) is 0 Å².